The van der Waals surface area contributed by atoms with Gasteiger partial charge in [-0.1, -0.05) is 114 Å². The molecule has 0 heterocycles. The maximum Gasteiger partial charge on any atom is 0.261 e. The molecule has 2 rings (SSSR count). The zero-order valence-electron chi connectivity index (χ0n) is 20.7. The summed E-state index contributed by atoms with van der Waals surface area (Å²) in [6.07, 6.45) is 15.0. The minimum Gasteiger partial charge on any atom is -0.321 e. The van der Waals surface area contributed by atoms with Crippen molar-refractivity contribution in [3.63, 3.8) is 0 Å². The van der Waals surface area contributed by atoms with Crippen LogP contribution in [0.3, 0.4) is 0 Å². The number of unbranched alkanes of at least 4 members (excludes halogenated alkanes) is 10. The van der Waals surface area contributed by atoms with Gasteiger partial charge in [-0.2, -0.15) is 0 Å². The van der Waals surface area contributed by atoms with Crippen molar-refractivity contribution in [2.45, 2.75) is 90.9 Å². The van der Waals surface area contributed by atoms with Crippen molar-refractivity contribution < 1.29 is 13.9 Å². The summed E-state index contributed by atoms with van der Waals surface area (Å²) >= 11 is 0. The van der Waals surface area contributed by atoms with Crippen molar-refractivity contribution in [1.29, 1.82) is 0 Å². The third kappa shape index (κ3) is 9.98. The number of benzene rings is 2. The summed E-state index contributed by atoms with van der Waals surface area (Å²) < 4.78 is 20.1. The number of hydrogen-bond donors (Lipinski definition) is 0. The smallest absolute Gasteiger partial charge is 0.261 e. The first-order valence-electron chi connectivity index (χ1n) is 12.9. The van der Waals surface area contributed by atoms with Gasteiger partial charge in [0.25, 0.3) is 7.37 Å². The normalized spacial score (nSPS) is 12.5. The molecule has 1 atom stereocenters. The molecule has 0 aromatic heterocycles. The van der Waals surface area contributed by atoms with Crippen LogP contribution in [-0.2, 0) is 13.9 Å². The molecular formula is C29H43O3P. The van der Waals surface area contributed by atoms with Crippen molar-refractivity contribution >= 4 is 23.8 Å². The fourth-order valence-electron chi connectivity index (χ4n) is 4.20. The Balaban J connectivity index is 1.79. The van der Waals surface area contributed by atoms with Crippen LogP contribution in [0.4, 0.5) is 0 Å². The Morgan fingerprint density at radius 1 is 0.727 bits per heavy atom. The Morgan fingerprint density at radius 2 is 1.15 bits per heavy atom. The van der Waals surface area contributed by atoms with E-state index in [1.165, 1.54) is 57.8 Å². The Morgan fingerprint density at radius 3 is 1.58 bits per heavy atom. The molecule has 182 valence electrons. The number of carbonyl (C=O) groups is 1. The fraction of sp³-hybridized carbons (Fsp3) is 0.552. The molecule has 0 saturated heterocycles. The van der Waals surface area contributed by atoms with Crippen molar-refractivity contribution in [3.8, 4) is 0 Å². The fourth-order valence-corrected chi connectivity index (χ4v) is 6.32. The first-order valence-corrected chi connectivity index (χ1v) is 14.6. The molecule has 0 bridgehead atoms. The van der Waals surface area contributed by atoms with Crippen LogP contribution in [-0.4, -0.2) is 12.4 Å². The SMILES string of the molecule is CCCCCCCCCCCCCC(COP(=O)(c1ccccc1)c1ccccc1)C(C)=O. The summed E-state index contributed by atoms with van der Waals surface area (Å²) in [5.74, 6) is -0.0842. The Hall–Kier alpha value is -1.70. The monoisotopic (exact) mass is 470 g/mol. The van der Waals surface area contributed by atoms with Crippen LogP contribution in [0, 0.1) is 5.92 Å². The summed E-state index contributed by atoms with van der Waals surface area (Å²) in [5.41, 5.74) is 0. The van der Waals surface area contributed by atoms with Crippen LogP contribution in [0.1, 0.15) is 90.9 Å². The molecule has 0 radical (unpaired) electrons. The quantitative estimate of drug-likeness (QED) is 0.165. The molecule has 0 aliphatic rings. The van der Waals surface area contributed by atoms with E-state index >= 15 is 0 Å². The molecule has 2 aromatic rings. The average Bonchev–Trinajstić information content (AvgIpc) is 2.85. The molecule has 0 aliphatic carbocycles. The van der Waals surface area contributed by atoms with Crippen molar-refractivity contribution in [3.05, 3.63) is 60.7 Å². The highest BCUT2D eigenvalue weighted by atomic mass is 31.2. The van der Waals surface area contributed by atoms with E-state index in [9.17, 15) is 9.36 Å². The van der Waals surface area contributed by atoms with Gasteiger partial charge in [0.05, 0.1) is 6.61 Å². The predicted molar refractivity (Wildman–Crippen MR) is 141 cm³/mol. The van der Waals surface area contributed by atoms with E-state index in [1.54, 1.807) is 6.92 Å². The summed E-state index contributed by atoms with van der Waals surface area (Å²) in [6, 6.07) is 18.7. The van der Waals surface area contributed by atoms with E-state index in [1.807, 2.05) is 60.7 Å². The lowest BCUT2D eigenvalue weighted by Gasteiger charge is -2.22. The minimum absolute atomic E-state index is 0.120. The summed E-state index contributed by atoms with van der Waals surface area (Å²) in [4.78, 5) is 12.3. The summed E-state index contributed by atoms with van der Waals surface area (Å²) in [5, 5.41) is 1.35. The Bertz CT molecular complexity index is 776. The molecule has 0 N–H and O–H groups in total. The van der Waals surface area contributed by atoms with Crippen molar-refractivity contribution in [1.82, 2.24) is 0 Å². The second kappa shape index (κ2) is 16.0. The van der Waals surface area contributed by atoms with Gasteiger partial charge in [-0.3, -0.25) is 9.36 Å². The van der Waals surface area contributed by atoms with Crippen LogP contribution in [0.2, 0.25) is 0 Å². The van der Waals surface area contributed by atoms with Gasteiger partial charge in [0.2, 0.25) is 0 Å². The van der Waals surface area contributed by atoms with Crippen LogP contribution in [0.15, 0.2) is 60.7 Å². The van der Waals surface area contributed by atoms with Crippen LogP contribution >= 0.6 is 7.37 Å². The molecule has 0 aliphatic heterocycles. The molecule has 3 nitrogen and oxygen atoms in total. The van der Waals surface area contributed by atoms with E-state index < -0.39 is 7.37 Å². The number of ketones is 1. The lowest BCUT2D eigenvalue weighted by molar-refractivity contribution is -0.121. The highest BCUT2D eigenvalue weighted by molar-refractivity contribution is 7.74. The van der Waals surface area contributed by atoms with Gasteiger partial charge in [0.15, 0.2) is 0 Å². The molecule has 0 amide bonds. The first kappa shape index (κ1) is 27.5. The second-order valence-corrected chi connectivity index (χ2v) is 11.5. The van der Waals surface area contributed by atoms with E-state index in [0.717, 1.165) is 19.3 Å². The van der Waals surface area contributed by atoms with Gasteiger partial charge in [-0.25, -0.2) is 0 Å². The van der Waals surface area contributed by atoms with Crippen molar-refractivity contribution in [2.75, 3.05) is 6.61 Å². The van der Waals surface area contributed by atoms with Gasteiger partial charge >= 0.3 is 0 Å². The van der Waals surface area contributed by atoms with Gasteiger partial charge in [0.1, 0.15) is 5.78 Å². The van der Waals surface area contributed by atoms with Crippen LogP contribution in [0.25, 0.3) is 0 Å². The molecule has 0 spiro atoms. The highest BCUT2D eigenvalue weighted by Crippen LogP contribution is 2.45. The van der Waals surface area contributed by atoms with Crippen molar-refractivity contribution in [2.24, 2.45) is 5.92 Å². The van der Waals surface area contributed by atoms with E-state index in [2.05, 4.69) is 6.92 Å². The van der Waals surface area contributed by atoms with Crippen LogP contribution in [0.5, 0.6) is 0 Å². The average molecular weight is 471 g/mol. The maximum absolute atomic E-state index is 14.0. The van der Waals surface area contributed by atoms with E-state index in [4.69, 9.17) is 4.52 Å². The number of hydrogen-bond acceptors (Lipinski definition) is 3. The zero-order valence-corrected chi connectivity index (χ0v) is 21.6. The van der Waals surface area contributed by atoms with Gasteiger partial charge < -0.3 is 4.52 Å². The molecule has 0 saturated carbocycles. The largest absolute Gasteiger partial charge is 0.321 e. The number of rotatable bonds is 18. The Kier molecular flexibility index (Phi) is 13.4. The molecule has 33 heavy (non-hydrogen) atoms. The predicted octanol–water partition coefficient (Wildman–Crippen LogP) is 7.84. The first-order chi connectivity index (χ1) is 16.1. The zero-order chi connectivity index (χ0) is 23.8. The highest BCUT2D eigenvalue weighted by Gasteiger charge is 2.30. The third-order valence-corrected chi connectivity index (χ3v) is 8.85. The topological polar surface area (TPSA) is 43.4 Å². The third-order valence-electron chi connectivity index (χ3n) is 6.38. The molecular weight excluding hydrogens is 427 g/mol. The number of carbonyl (C=O) groups excluding carboxylic acids is 1. The molecule has 2 aromatic carbocycles. The van der Waals surface area contributed by atoms with Crippen LogP contribution < -0.4 is 10.6 Å². The standard InChI is InChI=1S/C29H43O3P/c1-3-4-5-6-7-8-9-10-11-12-15-20-27(26(2)30)25-32-33(31,28-21-16-13-17-22-28)29-23-18-14-19-24-29/h13-14,16-19,21-24,27H,3-12,15,20,25H2,1-2H3. The maximum atomic E-state index is 14.0. The van der Waals surface area contributed by atoms with Gasteiger partial charge in [-0.15, -0.1) is 0 Å². The second-order valence-electron chi connectivity index (χ2n) is 9.15. The van der Waals surface area contributed by atoms with E-state index in [0.29, 0.717) is 10.6 Å². The van der Waals surface area contributed by atoms with E-state index in [-0.39, 0.29) is 18.3 Å². The summed E-state index contributed by atoms with van der Waals surface area (Å²) in [6.45, 7) is 4.09. The molecule has 4 heteroatoms. The minimum atomic E-state index is -3.24. The lowest BCUT2D eigenvalue weighted by atomic mass is 9.97. The molecule has 1 unspecified atom stereocenters. The van der Waals surface area contributed by atoms with Gasteiger partial charge in [-0.05, 0) is 37.6 Å². The Labute approximate surface area is 201 Å². The number of Topliss-reactive ketones (excluding diaryl/α,β-unsaturated/α-hetero) is 1. The molecule has 0 fully saturated rings. The summed E-state index contributed by atoms with van der Waals surface area (Å²) in [7, 11) is -3.24. The van der Waals surface area contributed by atoms with Gasteiger partial charge in [0, 0.05) is 16.5 Å². The lowest BCUT2D eigenvalue weighted by Crippen LogP contribution is -2.23.